The number of amides is 1. The van der Waals surface area contributed by atoms with Crippen LogP contribution in [-0.2, 0) is 6.42 Å². The van der Waals surface area contributed by atoms with Gasteiger partial charge in [0.15, 0.2) is 5.82 Å². The molecule has 0 fully saturated rings. The molecule has 2 heterocycles. The van der Waals surface area contributed by atoms with Crippen molar-refractivity contribution >= 4 is 17.4 Å². The highest BCUT2D eigenvalue weighted by atomic mass is 16.1. The summed E-state index contributed by atoms with van der Waals surface area (Å²) in [5.74, 6) is 0.236. The van der Waals surface area contributed by atoms with Crippen molar-refractivity contribution in [2.45, 2.75) is 20.3 Å². The molecule has 0 aliphatic carbocycles. The molecule has 6 nitrogen and oxygen atoms in total. The normalized spacial score (nSPS) is 10.3. The van der Waals surface area contributed by atoms with E-state index in [9.17, 15) is 4.79 Å². The average molecular weight is 245 g/mol. The molecule has 4 N–H and O–H groups in total. The number of carbonyl (C=O) groups is 1. The van der Waals surface area contributed by atoms with Crippen LogP contribution in [0.15, 0.2) is 18.3 Å². The minimum Gasteiger partial charge on any atom is -0.397 e. The summed E-state index contributed by atoms with van der Waals surface area (Å²) in [4.78, 5) is 16.1. The Kier molecular flexibility index (Phi) is 3.27. The maximum Gasteiger partial charge on any atom is 0.258 e. The molecule has 0 radical (unpaired) electrons. The number of hydrogen-bond acceptors (Lipinski definition) is 4. The molecule has 0 aromatic carbocycles. The lowest BCUT2D eigenvalue weighted by molar-refractivity contribution is 0.102. The summed E-state index contributed by atoms with van der Waals surface area (Å²) < 4.78 is 0. The van der Waals surface area contributed by atoms with Crippen LogP contribution in [0.2, 0.25) is 0 Å². The van der Waals surface area contributed by atoms with Gasteiger partial charge in [-0.3, -0.25) is 14.9 Å². The molecule has 0 spiro atoms. The van der Waals surface area contributed by atoms with Crippen LogP contribution >= 0.6 is 0 Å². The quantitative estimate of drug-likeness (QED) is 0.763. The second kappa shape index (κ2) is 4.87. The van der Waals surface area contributed by atoms with Crippen molar-refractivity contribution in [3.05, 3.63) is 35.3 Å². The third kappa shape index (κ3) is 2.48. The fraction of sp³-hybridized carbons (Fsp3) is 0.250. The lowest BCUT2D eigenvalue weighted by Gasteiger charge is -2.05. The Balaban J connectivity index is 2.19. The predicted molar refractivity (Wildman–Crippen MR) is 69.3 cm³/mol. The van der Waals surface area contributed by atoms with Gasteiger partial charge in [0, 0.05) is 11.8 Å². The van der Waals surface area contributed by atoms with Crippen molar-refractivity contribution in [2.24, 2.45) is 0 Å². The Hall–Kier alpha value is -2.37. The average Bonchev–Trinajstić information content (AvgIpc) is 2.80. The summed E-state index contributed by atoms with van der Waals surface area (Å²) in [6.07, 6.45) is 2.36. The number of nitrogens with one attached hydrogen (secondary N) is 2. The van der Waals surface area contributed by atoms with E-state index in [-0.39, 0.29) is 5.91 Å². The molecule has 0 atom stereocenters. The zero-order chi connectivity index (χ0) is 13.1. The zero-order valence-electron chi connectivity index (χ0n) is 10.3. The van der Waals surface area contributed by atoms with Crippen molar-refractivity contribution in [1.29, 1.82) is 0 Å². The van der Waals surface area contributed by atoms with Gasteiger partial charge in [0.05, 0.1) is 23.1 Å². The standard InChI is InChI=1S/C12H15N5O/c1-3-9-5-11(17-16-9)15-12(18)10-4-8(13)6-14-7(10)2/h4-6H,3,13H2,1-2H3,(H2,15,16,17,18). The van der Waals surface area contributed by atoms with E-state index >= 15 is 0 Å². The van der Waals surface area contributed by atoms with Crippen LogP contribution in [0.1, 0.15) is 28.7 Å². The third-order valence-electron chi connectivity index (χ3n) is 2.61. The SMILES string of the molecule is CCc1cc(NC(=O)c2cc(N)cnc2C)n[nH]1. The molecule has 94 valence electrons. The predicted octanol–water partition coefficient (Wildman–Crippen LogP) is 1.51. The van der Waals surface area contributed by atoms with Crippen LogP contribution < -0.4 is 11.1 Å². The number of carbonyl (C=O) groups excluding carboxylic acids is 1. The summed E-state index contributed by atoms with van der Waals surface area (Å²) in [7, 11) is 0. The number of hydrogen-bond donors (Lipinski definition) is 3. The first-order chi connectivity index (χ1) is 8.60. The first kappa shape index (κ1) is 12.1. The second-order valence-corrected chi connectivity index (χ2v) is 3.99. The van der Waals surface area contributed by atoms with Gasteiger partial charge < -0.3 is 11.1 Å². The first-order valence-corrected chi connectivity index (χ1v) is 5.68. The number of nitrogens with zero attached hydrogens (tertiary/aromatic N) is 2. The molecule has 0 aliphatic rings. The Morgan fingerprint density at radius 3 is 2.94 bits per heavy atom. The number of nitrogen functional groups attached to an aromatic ring is 1. The lowest BCUT2D eigenvalue weighted by Crippen LogP contribution is -2.14. The highest BCUT2D eigenvalue weighted by Crippen LogP contribution is 2.13. The molecule has 0 saturated heterocycles. The first-order valence-electron chi connectivity index (χ1n) is 5.68. The molecule has 2 aromatic heterocycles. The van der Waals surface area contributed by atoms with Crippen molar-refractivity contribution in [2.75, 3.05) is 11.1 Å². The molecule has 0 aliphatic heterocycles. The molecular weight excluding hydrogens is 230 g/mol. The van der Waals surface area contributed by atoms with E-state index in [0.29, 0.717) is 22.8 Å². The summed E-state index contributed by atoms with van der Waals surface area (Å²) in [5, 5.41) is 9.53. The molecule has 0 saturated carbocycles. The van der Waals surface area contributed by atoms with E-state index in [1.807, 2.05) is 6.92 Å². The fourth-order valence-electron chi connectivity index (χ4n) is 1.57. The van der Waals surface area contributed by atoms with Gasteiger partial charge in [-0.1, -0.05) is 6.92 Å². The smallest absolute Gasteiger partial charge is 0.258 e. The van der Waals surface area contributed by atoms with E-state index in [1.165, 1.54) is 6.20 Å². The number of aromatic amines is 1. The van der Waals surface area contributed by atoms with E-state index < -0.39 is 0 Å². The zero-order valence-corrected chi connectivity index (χ0v) is 10.3. The van der Waals surface area contributed by atoms with Crippen LogP contribution in [0.5, 0.6) is 0 Å². The largest absolute Gasteiger partial charge is 0.397 e. The summed E-state index contributed by atoms with van der Waals surface area (Å²) in [6.45, 7) is 3.77. The molecule has 2 rings (SSSR count). The summed E-state index contributed by atoms with van der Waals surface area (Å²) in [5.41, 5.74) is 8.13. The van der Waals surface area contributed by atoms with Crippen molar-refractivity contribution in [3.8, 4) is 0 Å². The monoisotopic (exact) mass is 245 g/mol. The maximum absolute atomic E-state index is 12.0. The van der Waals surface area contributed by atoms with Gasteiger partial charge in [0.25, 0.3) is 5.91 Å². The number of nitrogens with two attached hydrogens (primary N) is 1. The van der Waals surface area contributed by atoms with Crippen LogP contribution in [0.3, 0.4) is 0 Å². The highest BCUT2D eigenvalue weighted by molar-refractivity contribution is 6.04. The minimum atomic E-state index is -0.263. The summed E-state index contributed by atoms with van der Waals surface area (Å²) >= 11 is 0. The van der Waals surface area contributed by atoms with Crippen molar-refractivity contribution in [3.63, 3.8) is 0 Å². The Labute approximate surface area is 105 Å². The Bertz CT molecular complexity index is 576. The maximum atomic E-state index is 12.0. The molecular formula is C12H15N5O. The van der Waals surface area contributed by atoms with Crippen LogP contribution in [-0.4, -0.2) is 21.1 Å². The minimum absolute atomic E-state index is 0.263. The number of aromatic nitrogens is 3. The van der Waals surface area contributed by atoms with E-state index in [4.69, 9.17) is 5.73 Å². The van der Waals surface area contributed by atoms with Gasteiger partial charge in [0.1, 0.15) is 0 Å². The lowest BCUT2D eigenvalue weighted by atomic mass is 10.2. The molecule has 2 aromatic rings. The highest BCUT2D eigenvalue weighted by Gasteiger charge is 2.12. The number of pyridine rings is 1. The number of rotatable bonds is 3. The molecule has 18 heavy (non-hydrogen) atoms. The van der Waals surface area contributed by atoms with E-state index in [1.54, 1.807) is 19.1 Å². The van der Waals surface area contributed by atoms with Crippen molar-refractivity contribution < 1.29 is 4.79 Å². The van der Waals surface area contributed by atoms with Crippen LogP contribution in [0.25, 0.3) is 0 Å². The third-order valence-corrected chi connectivity index (χ3v) is 2.61. The van der Waals surface area contributed by atoms with Crippen LogP contribution in [0, 0.1) is 6.92 Å². The number of H-pyrrole nitrogens is 1. The van der Waals surface area contributed by atoms with Gasteiger partial charge in [0.2, 0.25) is 0 Å². The van der Waals surface area contributed by atoms with Gasteiger partial charge in [-0.05, 0) is 19.4 Å². The second-order valence-electron chi connectivity index (χ2n) is 3.99. The van der Waals surface area contributed by atoms with E-state index in [0.717, 1.165) is 12.1 Å². The van der Waals surface area contributed by atoms with Crippen LogP contribution in [0.4, 0.5) is 11.5 Å². The van der Waals surface area contributed by atoms with E-state index in [2.05, 4.69) is 20.5 Å². The molecule has 6 heteroatoms. The molecule has 1 amide bonds. The van der Waals surface area contributed by atoms with Gasteiger partial charge in [-0.2, -0.15) is 5.10 Å². The van der Waals surface area contributed by atoms with Crippen molar-refractivity contribution in [1.82, 2.24) is 15.2 Å². The Morgan fingerprint density at radius 2 is 2.28 bits per heavy atom. The number of aryl methyl sites for hydroxylation is 2. The van der Waals surface area contributed by atoms with Gasteiger partial charge >= 0.3 is 0 Å². The van der Waals surface area contributed by atoms with Gasteiger partial charge in [-0.15, -0.1) is 0 Å². The number of anilines is 2. The fourth-order valence-corrected chi connectivity index (χ4v) is 1.57. The molecule has 0 bridgehead atoms. The summed E-state index contributed by atoms with van der Waals surface area (Å²) in [6, 6.07) is 3.40. The Morgan fingerprint density at radius 1 is 1.50 bits per heavy atom. The van der Waals surface area contributed by atoms with Gasteiger partial charge in [-0.25, -0.2) is 0 Å². The topological polar surface area (TPSA) is 96.7 Å². The molecule has 0 unspecified atom stereocenters.